The van der Waals surface area contributed by atoms with E-state index in [9.17, 15) is 26.4 Å². The Labute approximate surface area is 168 Å². The molecule has 0 saturated heterocycles. The summed E-state index contributed by atoms with van der Waals surface area (Å²) >= 11 is 0. The van der Waals surface area contributed by atoms with Crippen molar-refractivity contribution in [3.8, 4) is 0 Å². The molecule has 1 saturated carbocycles. The summed E-state index contributed by atoms with van der Waals surface area (Å²) in [6.07, 6.45) is -1.70. The van der Waals surface area contributed by atoms with Gasteiger partial charge in [-0.3, -0.25) is 4.79 Å². The number of ether oxygens (including phenoxy) is 1. The standard InChI is InChI=1S/C19H27F3N2O4S/c1-12-3-6-14-7-10-16(23-29(2,26)27)17(24(14)18(12)25)11-28-15-8-4-13(5-9-15)19(20,21)22/h3,6,13,15-17,23H,4-5,7-11H2,1-2H3. The van der Waals surface area contributed by atoms with E-state index in [2.05, 4.69) is 4.72 Å². The van der Waals surface area contributed by atoms with Crippen LogP contribution in [0.5, 0.6) is 0 Å². The van der Waals surface area contributed by atoms with Gasteiger partial charge in [-0.1, -0.05) is 6.07 Å². The van der Waals surface area contributed by atoms with Crippen LogP contribution in [0.3, 0.4) is 0 Å². The zero-order valence-corrected chi connectivity index (χ0v) is 17.4. The highest BCUT2D eigenvalue weighted by atomic mass is 32.2. The second-order valence-corrected chi connectivity index (χ2v) is 9.91. The minimum absolute atomic E-state index is 0.0273. The van der Waals surface area contributed by atoms with Crippen LogP contribution in [0.15, 0.2) is 16.9 Å². The predicted molar refractivity (Wildman–Crippen MR) is 102 cm³/mol. The van der Waals surface area contributed by atoms with Crippen molar-refractivity contribution in [3.63, 3.8) is 0 Å². The fraction of sp³-hybridized carbons (Fsp3) is 0.737. The minimum Gasteiger partial charge on any atom is -0.376 e. The molecule has 1 N–H and O–H groups in total. The lowest BCUT2D eigenvalue weighted by Crippen LogP contribution is -2.49. The van der Waals surface area contributed by atoms with Gasteiger partial charge >= 0.3 is 6.18 Å². The molecule has 0 aromatic carbocycles. The zero-order valence-electron chi connectivity index (χ0n) is 16.5. The van der Waals surface area contributed by atoms with Gasteiger partial charge in [-0.2, -0.15) is 13.2 Å². The number of halogens is 3. The second-order valence-electron chi connectivity index (χ2n) is 8.13. The largest absolute Gasteiger partial charge is 0.391 e. The van der Waals surface area contributed by atoms with Gasteiger partial charge in [0.2, 0.25) is 10.0 Å². The smallest absolute Gasteiger partial charge is 0.376 e. The van der Waals surface area contributed by atoms with Gasteiger partial charge in [-0.05, 0) is 51.5 Å². The second kappa shape index (κ2) is 8.39. The van der Waals surface area contributed by atoms with E-state index < -0.39 is 34.2 Å². The Morgan fingerprint density at radius 3 is 2.41 bits per heavy atom. The number of nitrogens with one attached hydrogen (secondary N) is 1. The number of sulfonamides is 1. The van der Waals surface area contributed by atoms with E-state index in [0.717, 1.165) is 11.9 Å². The monoisotopic (exact) mass is 436 g/mol. The average molecular weight is 436 g/mol. The van der Waals surface area contributed by atoms with Gasteiger partial charge in [0, 0.05) is 17.3 Å². The van der Waals surface area contributed by atoms with Gasteiger partial charge in [0.05, 0.1) is 30.9 Å². The van der Waals surface area contributed by atoms with Gasteiger partial charge < -0.3 is 9.30 Å². The molecule has 2 aliphatic rings. The third-order valence-corrected chi connectivity index (χ3v) is 6.64. The average Bonchev–Trinajstić information content (AvgIpc) is 2.62. The summed E-state index contributed by atoms with van der Waals surface area (Å²) in [6, 6.07) is 2.55. The van der Waals surface area contributed by atoms with Crippen LogP contribution in [0.4, 0.5) is 13.2 Å². The van der Waals surface area contributed by atoms with Crippen LogP contribution in [0.2, 0.25) is 0 Å². The van der Waals surface area contributed by atoms with Gasteiger partial charge in [-0.15, -0.1) is 0 Å². The van der Waals surface area contributed by atoms with Crippen molar-refractivity contribution >= 4 is 10.0 Å². The topological polar surface area (TPSA) is 77.4 Å². The molecule has 2 heterocycles. The molecule has 1 aliphatic carbocycles. The molecule has 0 radical (unpaired) electrons. The molecular weight excluding hydrogens is 409 g/mol. The zero-order chi connectivity index (χ0) is 21.4. The van der Waals surface area contributed by atoms with Crippen LogP contribution in [-0.4, -0.2) is 44.2 Å². The van der Waals surface area contributed by atoms with E-state index in [1.54, 1.807) is 17.6 Å². The molecule has 3 rings (SSSR count). The molecule has 164 valence electrons. The van der Waals surface area contributed by atoms with E-state index in [1.807, 2.05) is 6.07 Å². The van der Waals surface area contributed by atoms with E-state index in [1.165, 1.54) is 0 Å². The number of rotatable bonds is 5. The van der Waals surface area contributed by atoms with Gasteiger partial charge in [0.15, 0.2) is 0 Å². The number of alkyl halides is 3. The number of pyridine rings is 1. The van der Waals surface area contributed by atoms with Crippen molar-refractivity contribution in [2.45, 2.75) is 69.8 Å². The number of nitrogens with zero attached hydrogens (tertiary/aromatic N) is 1. The molecule has 2 atom stereocenters. The Morgan fingerprint density at radius 2 is 1.83 bits per heavy atom. The Bertz CT molecular complexity index is 890. The molecule has 0 amide bonds. The lowest BCUT2D eigenvalue weighted by atomic mass is 9.87. The van der Waals surface area contributed by atoms with Gasteiger partial charge in [-0.25, -0.2) is 13.1 Å². The van der Waals surface area contributed by atoms with Crippen molar-refractivity contribution in [3.05, 3.63) is 33.7 Å². The van der Waals surface area contributed by atoms with Crippen molar-refractivity contribution in [2.75, 3.05) is 12.9 Å². The number of fused-ring (bicyclic) bond motifs is 1. The summed E-state index contributed by atoms with van der Waals surface area (Å²) in [7, 11) is -3.49. The third kappa shape index (κ3) is 5.40. The minimum atomic E-state index is -4.18. The lowest BCUT2D eigenvalue weighted by Gasteiger charge is -2.37. The summed E-state index contributed by atoms with van der Waals surface area (Å²) in [5.41, 5.74) is 1.16. The summed E-state index contributed by atoms with van der Waals surface area (Å²) in [4.78, 5) is 12.7. The predicted octanol–water partition coefficient (Wildman–Crippen LogP) is 2.70. The van der Waals surface area contributed by atoms with Crippen LogP contribution in [-0.2, 0) is 21.2 Å². The van der Waals surface area contributed by atoms with E-state index in [0.29, 0.717) is 31.2 Å². The Kier molecular flexibility index (Phi) is 6.45. The summed E-state index contributed by atoms with van der Waals surface area (Å²) in [5.74, 6) is -1.29. The Hall–Kier alpha value is -1.39. The number of aromatic nitrogens is 1. The highest BCUT2D eigenvalue weighted by Gasteiger charge is 2.42. The lowest BCUT2D eigenvalue weighted by molar-refractivity contribution is -0.188. The maximum absolute atomic E-state index is 12.9. The van der Waals surface area contributed by atoms with Crippen molar-refractivity contribution in [1.82, 2.24) is 9.29 Å². The molecule has 1 fully saturated rings. The quantitative estimate of drug-likeness (QED) is 0.770. The third-order valence-electron chi connectivity index (χ3n) is 5.90. The summed E-state index contributed by atoms with van der Waals surface area (Å²) in [6.45, 7) is 1.77. The molecule has 1 aromatic heterocycles. The van der Waals surface area contributed by atoms with E-state index >= 15 is 0 Å². The van der Waals surface area contributed by atoms with Crippen molar-refractivity contribution < 1.29 is 26.3 Å². The Balaban J connectivity index is 1.76. The Morgan fingerprint density at radius 1 is 1.17 bits per heavy atom. The molecule has 0 bridgehead atoms. The normalized spacial score (nSPS) is 28.2. The first kappa shape index (κ1) is 22.3. The first-order valence-corrected chi connectivity index (χ1v) is 11.7. The molecule has 1 aliphatic heterocycles. The number of aryl methyl sites for hydroxylation is 2. The van der Waals surface area contributed by atoms with Crippen molar-refractivity contribution in [1.29, 1.82) is 0 Å². The maximum atomic E-state index is 12.9. The van der Waals surface area contributed by atoms with Gasteiger partial charge in [0.1, 0.15) is 0 Å². The first-order chi connectivity index (χ1) is 13.5. The fourth-order valence-corrected chi connectivity index (χ4v) is 5.16. The highest BCUT2D eigenvalue weighted by Crippen LogP contribution is 2.38. The summed E-state index contributed by atoms with van der Waals surface area (Å²) < 4.78 is 72.3. The fourth-order valence-electron chi connectivity index (χ4n) is 4.33. The molecule has 6 nitrogen and oxygen atoms in total. The van der Waals surface area contributed by atoms with Crippen LogP contribution in [0.25, 0.3) is 0 Å². The van der Waals surface area contributed by atoms with Crippen LogP contribution >= 0.6 is 0 Å². The highest BCUT2D eigenvalue weighted by molar-refractivity contribution is 7.88. The number of hydrogen-bond donors (Lipinski definition) is 1. The van der Waals surface area contributed by atoms with Crippen LogP contribution in [0.1, 0.15) is 49.4 Å². The molecule has 1 aromatic rings. The summed E-state index contributed by atoms with van der Waals surface area (Å²) in [5, 5.41) is 0. The molecule has 29 heavy (non-hydrogen) atoms. The van der Waals surface area contributed by atoms with Crippen molar-refractivity contribution in [2.24, 2.45) is 5.92 Å². The molecule has 0 spiro atoms. The van der Waals surface area contributed by atoms with Crippen LogP contribution < -0.4 is 10.3 Å². The van der Waals surface area contributed by atoms with E-state index in [-0.39, 0.29) is 31.1 Å². The first-order valence-electron chi connectivity index (χ1n) is 9.82. The molecular formula is C19H27F3N2O4S. The maximum Gasteiger partial charge on any atom is 0.391 e. The van der Waals surface area contributed by atoms with E-state index in [4.69, 9.17) is 4.74 Å². The van der Waals surface area contributed by atoms with Crippen LogP contribution in [0, 0.1) is 12.8 Å². The SMILES string of the molecule is Cc1ccc2n(c1=O)C(COC1CCC(C(F)(F)F)CC1)C(NS(C)(=O)=O)CC2. The van der Waals surface area contributed by atoms with Gasteiger partial charge in [0.25, 0.3) is 5.56 Å². The molecule has 10 heteroatoms. The number of hydrogen-bond acceptors (Lipinski definition) is 4. The molecule has 2 unspecified atom stereocenters.